The third kappa shape index (κ3) is 4.92. The highest BCUT2D eigenvalue weighted by molar-refractivity contribution is 5.94. The maximum absolute atomic E-state index is 12.9. The summed E-state index contributed by atoms with van der Waals surface area (Å²) in [7, 11) is 5.93. The predicted octanol–water partition coefficient (Wildman–Crippen LogP) is 3.25. The van der Waals surface area contributed by atoms with E-state index in [9.17, 15) is 4.79 Å². The van der Waals surface area contributed by atoms with E-state index in [0.29, 0.717) is 51.6 Å². The van der Waals surface area contributed by atoms with Crippen molar-refractivity contribution in [1.29, 1.82) is 5.26 Å². The van der Waals surface area contributed by atoms with Gasteiger partial charge in [-0.25, -0.2) is 15.0 Å². The molecule has 4 aromatic heterocycles. The molecule has 11 heteroatoms. The summed E-state index contributed by atoms with van der Waals surface area (Å²) in [6.07, 6.45) is 5.74. The first-order valence-corrected chi connectivity index (χ1v) is 11.9. The number of hydrogen-bond acceptors (Lipinski definition) is 9. The monoisotopic (exact) mass is 497 g/mol. The van der Waals surface area contributed by atoms with Gasteiger partial charge in [0.25, 0.3) is 5.91 Å². The van der Waals surface area contributed by atoms with Crippen LogP contribution in [-0.4, -0.2) is 73.4 Å². The minimum absolute atomic E-state index is 0.0125. The van der Waals surface area contributed by atoms with E-state index in [4.69, 9.17) is 10.00 Å². The summed E-state index contributed by atoms with van der Waals surface area (Å²) in [5.41, 5.74) is 3.56. The summed E-state index contributed by atoms with van der Waals surface area (Å²) in [5.74, 6) is 1.38. The Hall–Kier alpha value is -4.56. The number of likely N-dealkylation sites (N-methyl/N-ethyl adjacent to an activating group) is 1. The van der Waals surface area contributed by atoms with Gasteiger partial charge in [-0.1, -0.05) is 0 Å². The Kier molecular flexibility index (Phi) is 6.42. The number of fused-ring (bicyclic) bond motifs is 1. The number of nitriles is 1. The summed E-state index contributed by atoms with van der Waals surface area (Å²) in [5, 5.41) is 12.3. The van der Waals surface area contributed by atoms with Crippen molar-refractivity contribution in [3.8, 4) is 17.7 Å². The van der Waals surface area contributed by atoms with Crippen LogP contribution in [0.1, 0.15) is 28.0 Å². The molecule has 1 atom stereocenters. The topological polar surface area (TPSA) is 125 Å². The summed E-state index contributed by atoms with van der Waals surface area (Å²) in [6, 6.07) is 9.35. The maximum atomic E-state index is 12.9. The number of anilines is 2. The van der Waals surface area contributed by atoms with Crippen molar-refractivity contribution in [2.75, 3.05) is 32.5 Å². The molecule has 0 bridgehead atoms. The Balaban J connectivity index is 1.37. The minimum atomic E-state index is -0.0125. The number of carbonyl (C=O) groups excluding carboxylic acids is 1. The van der Waals surface area contributed by atoms with Gasteiger partial charge in [0.05, 0.1) is 23.8 Å². The number of nitrogens with one attached hydrogen (secondary N) is 1. The number of likely N-dealkylation sites (tertiary alicyclic amines) is 1. The first-order chi connectivity index (χ1) is 17.8. The fourth-order valence-corrected chi connectivity index (χ4v) is 4.31. The van der Waals surface area contributed by atoms with E-state index >= 15 is 0 Å². The van der Waals surface area contributed by atoms with Crippen LogP contribution < -0.4 is 10.1 Å². The van der Waals surface area contributed by atoms with Gasteiger partial charge in [0.15, 0.2) is 11.4 Å². The van der Waals surface area contributed by atoms with Crippen LogP contribution in [0.25, 0.3) is 11.2 Å². The average Bonchev–Trinajstić information content (AvgIpc) is 3.53. The van der Waals surface area contributed by atoms with Crippen molar-refractivity contribution in [1.82, 2.24) is 34.3 Å². The number of amides is 1. The second-order valence-corrected chi connectivity index (χ2v) is 9.30. The van der Waals surface area contributed by atoms with Crippen LogP contribution in [-0.2, 0) is 7.05 Å². The average molecular weight is 498 g/mol. The number of rotatable bonds is 6. The molecule has 1 N–H and O–H groups in total. The van der Waals surface area contributed by atoms with Crippen LogP contribution in [0, 0.1) is 18.3 Å². The van der Waals surface area contributed by atoms with Gasteiger partial charge in [0.1, 0.15) is 23.1 Å². The lowest BCUT2D eigenvalue weighted by Crippen LogP contribution is -2.34. The van der Waals surface area contributed by atoms with Crippen molar-refractivity contribution in [2.45, 2.75) is 19.4 Å². The molecule has 0 unspecified atom stereocenters. The van der Waals surface area contributed by atoms with Crippen molar-refractivity contribution in [3.63, 3.8) is 0 Å². The molecule has 1 aliphatic heterocycles. The number of ether oxygens (including phenoxy) is 1. The van der Waals surface area contributed by atoms with E-state index in [1.807, 2.05) is 39.0 Å². The van der Waals surface area contributed by atoms with Gasteiger partial charge in [-0.2, -0.15) is 10.2 Å². The molecule has 11 nitrogen and oxygen atoms in total. The summed E-state index contributed by atoms with van der Waals surface area (Å²) in [6.45, 7) is 3.31. The van der Waals surface area contributed by atoms with Gasteiger partial charge >= 0.3 is 0 Å². The van der Waals surface area contributed by atoms with Gasteiger partial charge < -0.3 is 24.4 Å². The van der Waals surface area contributed by atoms with Crippen LogP contribution in [0.3, 0.4) is 0 Å². The molecular formula is C26H27N9O2. The molecule has 0 spiro atoms. The lowest BCUT2D eigenvalue weighted by Gasteiger charge is -2.20. The molecule has 0 aromatic carbocycles. The van der Waals surface area contributed by atoms with Gasteiger partial charge in [-0.3, -0.25) is 4.79 Å². The maximum Gasteiger partial charge on any atom is 0.255 e. The number of aryl methyl sites for hydroxylation is 2. The molecule has 188 valence electrons. The molecule has 1 amide bonds. The van der Waals surface area contributed by atoms with E-state index in [-0.39, 0.29) is 5.91 Å². The second-order valence-electron chi connectivity index (χ2n) is 9.30. The molecule has 4 aromatic rings. The van der Waals surface area contributed by atoms with E-state index < -0.39 is 0 Å². The number of aromatic nitrogens is 5. The Morgan fingerprint density at radius 1 is 1.22 bits per heavy atom. The molecule has 1 saturated heterocycles. The van der Waals surface area contributed by atoms with Gasteiger partial charge in [-0.05, 0) is 51.2 Å². The SMILES string of the molecule is Cc1cc(C#N)ncc1Oc1cc(Nc2ccc(C(=O)N3CC[C@H](N(C)C)C3)cn2)c2ncn(C)c2n1. The fourth-order valence-electron chi connectivity index (χ4n) is 4.31. The van der Waals surface area contributed by atoms with Gasteiger partial charge in [0, 0.05) is 38.4 Å². The number of hydrogen-bond donors (Lipinski definition) is 1. The molecule has 0 radical (unpaired) electrons. The molecule has 1 aliphatic rings. The molecule has 0 saturated carbocycles. The number of nitrogens with zero attached hydrogens (tertiary/aromatic N) is 8. The zero-order valence-electron chi connectivity index (χ0n) is 21.1. The van der Waals surface area contributed by atoms with Crippen LogP contribution in [0.4, 0.5) is 11.5 Å². The first-order valence-electron chi connectivity index (χ1n) is 11.9. The largest absolute Gasteiger partial charge is 0.437 e. The molecule has 5 rings (SSSR count). The Morgan fingerprint density at radius 3 is 2.73 bits per heavy atom. The van der Waals surface area contributed by atoms with Gasteiger partial charge in [-0.15, -0.1) is 0 Å². The Bertz CT molecular complexity index is 1510. The van der Waals surface area contributed by atoms with E-state index in [1.54, 1.807) is 41.4 Å². The Morgan fingerprint density at radius 2 is 2.05 bits per heavy atom. The van der Waals surface area contributed by atoms with E-state index in [2.05, 4.69) is 30.2 Å². The summed E-state index contributed by atoms with van der Waals surface area (Å²) >= 11 is 0. The zero-order valence-corrected chi connectivity index (χ0v) is 21.1. The molecule has 0 aliphatic carbocycles. The highest BCUT2D eigenvalue weighted by Gasteiger charge is 2.28. The molecule has 1 fully saturated rings. The number of imidazole rings is 1. The van der Waals surface area contributed by atoms with Crippen molar-refractivity contribution in [2.24, 2.45) is 7.05 Å². The number of pyridine rings is 3. The fraction of sp³-hybridized carbons (Fsp3) is 0.308. The lowest BCUT2D eigenvalue weighted by molar-refractivity contribution is 0.0782. The highest BCUT2D eigenvalue weighted by Crippen LogP contribution is 2.31. The quantitative estimate of drug-likeness (QED) is 0.427. The summed E-state index contributed by atoms with van der Waals surface area (Å²) < 4.78 is 7.81. The van der Waals surface area contributed by atoms with Crippen LogP contribution in [0.2, 0.25) is 0 Å². The van der Waals surface area contributed by atoms with Crippen LogP contribution in [0.5, 0.6) is 11.6 Å². The first kappa shape index (κ1) is 24.1. The van der Waals surface area contributed by atoms with Crippen LogP contribution in [0.15, 0.2) is 43.0 Å². The highest BCUT2D eigenvalue weighted by atomic mass is 16.5. The van der Waals surface area contributed by atoms with Crippen molar-refractivity contribution >= 4 is 28.6 Å². The standard InChI is InChI=1S/C26H27N9O2/c1-16-9-18(11-27)28-13-21(16)37-23-10-20(24-25(32-23)34(4)15-30-24)31-22-6-5-17(12-29-22)26(36)35-8-7-19(14-35)33(2)3/h5-6,9-10,12-13,15,19H,7-8,14H2,1-4H3,(H,29,31,32)/t19-/m0/s1. The number of carbonyl (C=O) groups is 1. The van der Waals surface area contributed by atoms with Crippen molar-refractivity contribution < 1.29 is 9.53 Å². The second kappa shape index (κ2) is 9.83. The third-order valence-corrected chi connectivity index (χ3v) is 6.49. The molecular weight excluding hydrogens is 470 g/mol. The van der Waals surface area contributed by atoms with Crippen LogP contribution >= 0.6 is 0 Å². The lowest BCUT2D eigenvalue weighted by atomic mass is 10.2. The van der Waals surface area contributed by atoms with E-state index in [0.717, 1.165) is 25.1 Å². The van der Waals surface area contributed by atoms with Crippen molar-refractivity contribution in [3.05, 3.63) is 59.8 Å². The van der Waals surface area contributed by atoms with Gasteiger partial charge in [0.2, 0.25) is 5.88 Å². The predicted molar refractivity (Wildman–Crippen MR) is 138 cm³/mol. The third-order valence-electron chi connectivity index (χ3n) is 6.49. The normalized spacial score (nSPS) is 15.2. The molecule has 37 heavy (non-hydrogen) atoms. The molecule has 5 heterocycles. The minimum Gasteiger partial charge on any atom is -0.437 e. The smallest absolute Gasteiger partial charge is 0.255 e. The van der Waals surface area contributed by atoms with E-state index in [1.165, 1.54) is 6.20 Å². The summed E-state index contributed by atoms with van der Waals surface area (Å²) in [4.78, 5) is 34.6. The Labute approximate surface area is 214 Å². The zero-order chi connectivity index (χ0) is 26.1.